The van der Waals surface area contributed by atoms with E-state index in [2.05, 4.69) is 24.0 Å². The Labute approximate surface area is 201 Å². The van der Waals surface area contributed by atoms with E-state index >= 15 is 0 Å². The zero-order chi connectivity index (χ0) is 24.1. The van der Waals surface area contributed by atoms with Gasteiger partial charge in [-0.3, -0.25) is 14.5 Å². The van der Waals surface area contributed by atoms with Gasteiger partial charge in [-0.1, -0.05) is 49.4 Å². The van der Waals surface area contributed by atoms with Gasteiger partial charge in [0.1, 0.15) is 22.6 Å². The fourth-order valence-corrected chi connectivity index (χ4v) is 5.23. The van der Waals surface area contributed by atoms with E-state index in [1.54, 1.807) is 19.1 Å². The first kappa shape index (κ1) is 22.3. The van der Waals surface area contributed by atoms with Crippen LogP contribution >= 0.6 is 11.3 Å². The summed E-state index contributed by atoms with van der Waals surface area (Å²) >= 11 is 1.23. The van der Waals surface area contributed by atoms with Crippen LogP contribution in [0, 0.1) is 6.92 Å². The number of fused-ring (bicyclic) bond motifs is 1. The third kappa shape index (κ3) is 3.68. The molecule has 3 heterocycles. The van der Waals surface area contributed by atoms with E-state index in [-0.39, 0.29) is 17.4 Å². The minimum Gasteiger partial charge on any atom is -0.507 e. The van der Waals surface area contributed by atoms with Gasteiger partial charge < -0.3 is 9.84 Å². The van der Waals surface area contributed by atoms with Crippen LogP contribution in [0.25, 0.3) is 5.76 Å². The molecular weight excluding hydrogens is 450 g/mol. The van der Waals surface area contributed by atoms with Crippen molar-refractivity contribution >= 4 is 33.9 Å². The monoisotopic (exact) mass is 475 g/mol. The number of hydrogen-bond acceptors (Lipinski definition) is 7. The Hall–Kier alpha value is -3.52. The quantitative estimate of drug-likeness (QED) is 0.327. The molecule has 2 atom stereocenters. The number of carbonyl (C=O) groups is 2. The highest BCUT2D eigenvalue weighted by Gasteiger charge is 2.48. The Bertz CT molecular complexity index is 1330. The molecule has 34 heavy (non-hydrogen) atoms. The fraction of sp³-hybridized carbons (Fsp3) is 0.308. The highest BCUT2D eigenvalue weighted by atomic mass is 32.1. The Balaban J connectivity index is 1.67. The third-order valence-corrected chi connectivity index (χ3v) is 7.09. The van der Waals surface area contributed by atoms with Crippen LogP contribution < -0.4 is 9.64 Å². The van der Waals surface area contributed by atoms with Crippen molar-refractivity contribution in [1.82, 2.24) is 10.2 Å². The number of carbonyl (C=O) groups excluding carboxylic acids is 2. The summed E-state index contributed by atoms with van der Waals surface area (Å²) in [7, 11) is 0. The minimum atomic E-state index is -0.808. The molecular formula is C26H25N3O4S. The lowest BCUT2D eigenvalue weighted by Gasteiger charge is -2.23. The van der Waals surface area contributed by atoms with Crippen molar-refractivity contribution in [2.45, 2.75) is 52.2 Å². The van der Waals surface area contributed by atoms with Gasteiger partial charge in [0.05, 0.1) is 11.6 Å². The lowest BCUT2D eigenvalue weighted by atomic mass is 9.93. The summed E-state index contributed by atoms with van der Waals surface area (Å²) in [5.74, 6) is -0.568. The van der Waals surface area contributed by atoms with Crippen molar-refractivity contribution in [2.75, 3.05) is 4.90 Å². The van der Waals surface area contributed by atoms with Gasteiger partial charge in [0.25, 0.3) is 5.78 Å². The summed E-state index contributed by atoms with van der Waals surface area (Å²) in [5.41, 5.74) is 3.34. The molecule has 0 unspecified atom stereocenters. The van der Waals surface area contributed by atoms with E-state index in [0.29, 0.717) is 21.6 Å². The first-order chi connectivity index (χ1) is 16.2. The molecule has 1 amide bonds. The Morgan fingerprint density at radius 1 is 1.15 bits per heavy atom. The van der Waals surface area contributed by atoms with Gasteiger partial charge in [-0.2, -0.15) is 0 Å². The van der Waals surface area contributed by atoms with E-state index in [1.807, 2.05) is 37.3 Å². The number of anilines is 1. The molecule has 0 bridgehead atoms. The molecule has 2 aliphatic heterocycles. The zero-order valence-electron chi connectivity index (χ0n) is 19.4. The van der Waals surface area contributed by atoms with Crippen LogP contribution in [0.1, 0.15) is 60.0 Å². The number of hydrogen-bond donors (Lipinski definition) is 1. The first-order valence-electron chi connectivity index (χ1n) is 11.3. The van der Waals surface area contributed by atoms with Gasteiger partial charge in [0.15, 0.2) is 0 Å². The number of amides is 1. The molecule has 1 saturated heterocycles. The number of nitrogens with zero attached hydrogens (tertiary/aromatic N) is 3. The Kier molecular flexibility index (Phi) is 5.48. The molecule has 1 N–H and O–H groups in total. The Morgan fingerprint density at radius 3 is 2.53 bits per heavy atom. The molecule has 5 rings (SSSR count). The summed E-state index contributed by atoms with van der Waals surface area (Å²) in [6, 6.07) is 12.3. The number of rotatable bonds is 4. The minimum absolute atomic E-state index is 0.0436. The molecule has 3 aromatic rings. The molecule has 7 nitrogen and oxygen atoms in total. The lowest BCUT2D eigenvalue weighted by molar-refractivity contribution is -0.132. The molecule has 0 aliphatic carbocycles. The molecule has 1 fully saturated rings. The van der Waals surface area contributed by atoms with Gasteiger partial charge in [0.2, 0.25) is 5.13 Å². The lowest BCUT2D eigenvalue weighted by Crippen LogP contribution is -2.29. The summed E-state index contributed by atoms with van der Waals surface area (Å²) in [6.45, 7) is 7.97. The fourth-order valence-electron chi connectivity index (χ4n) is 4.52. The molecule has 1 aromatic heterocycles. The van der Waals surface area contributed by atoms with Crippen LogP contribution in [0.3, 0.4) is 0 Å². The maximum Gasteiger partial charge on any atom is 0.301 e. The van der Waals surface area contributed by atoms with Crippen molar-refractivity contribution in [2.24, 2.45) is 0 Å². The smallest absolute Gasteiger partial charge is 0.301 e. The third-order valence-electron chi connectivity index (χ3n) is 6.25. The van der Waals surface area contributed by atoms with E-state index < -0.39 is 17.7 Å². The van der Waals surface area contributed by atoms with E-state index in [1.165, 1.54) is 16.2 Å². The van der Waals surface area contributed by atoms with Crippen molar-refractivity contribution in [1.29, 1.82) is 0 Å². The number of aromatic nitrogens is 2. The molecule has 8 heteroatoms. The number of aliphatic hydroxyl groups is 1. The van der Waals surface area contributed by atoms with Crippen LogP contribution in [0.15, 0.2) is 48.0 Å². The largest absolute Gasteiger partial charge is 0.507 e. The first-order valence-corrected chi connectivity index (χ1v) is 12.1. The van der Waals surface area contributed by atoms with Gasteiger partial charge in [-0.05, 0) is 54.7 Å². The van der Waals surface area contributed by atoms with E-state index in [0.717, 1.165) is 28.9 Å². The second-order valence-corrected chi connectivity index (χ2v) is 10.2. The number of Topliss-reactive ketones (excluding diaryl/α,β-unsaturated/α-hetero) is 1. The van der Waals surface area contributed by atoms with Crippen molar-refractivity contribution in [3.8, 4) is 5.75 Å². The molecule has 2 aromatic carbocycles. The molecule has 0 spiro atoms. The van der Waals surface area contributed by atoms with Crippen LogP contribution in [0.2, 0.25) is 0 Å². The zero-order valence-corrected chi connectivity index (χ0v) is 20.2. The molecule has 0 radical (unpaired) electrons. The topological polar surface area (TPSA) is 92.6 Å². The summed E-state index contributed by atoms with van der Waals surface area (Å²) in [5, 5.41) is 20.5. The summed E-state index contributed by atoms with van der Waals surface area (Å²) < 4.78 is 5.76. The maximum atomic E-state index is 13.3. The van der Waals surface area contributed by atoms with Crippen LogP contribution in [0.5, 0.6) is 5.75 Å². The second-order valence-electron chi connectivity index (χ2n) is 9.05. The van der Waals surface area contributed by atoms with E-state index in [4.69, 9.17) is 4.74 Å². The molecule has 0 saturated carbocycles. The van der Waals surface area contributed by atoms with E-state index in [9.17, 15) is 14.7 Å². The number of ether oxygens (including phenoxy) is 1. The van der Waals surface area contributed by atoms with Gasteiger partial charge in [0, 0.05) is 12.0 Å². The molecule has 2 aliphatic rings. The van der Waals surface area contributed by atoms with Gasteiger partial charge >= 0.3 is 5.91 Å². The summed E-state index contributed by atoms with van der Waals surface area (Å²) in [4.78, 5) is 27.8. The second kappa shape index (κ2) is 8.36. The maximum absolute atomic E-state index is 13.3. The Morgan fingerprint density at radius 2 is 1.88 bits per heavy atom. The predicted octanol–water partition coefficient (Wildman–Crippen LogP) is 4.92. The molecule has 174 valence electrons. The van der Waals surface area contributed by atoms with Crippen LogP contribution in [0.4, 0.5) is 5.13 Å². The van der Waals surface area contributed by atoms with Gasteiger partial charge in [-0.25, -0.2) is 0 Å². The average molecular weight is 476 g/mol. The number of aliphatic hydroxyl groups excluding tert-OH is 1. The highest BCUT2D eigenvalue weighted by Crippen LogP contribution is 2.43. The highest BCUT2D eigenvalue weighted by molar-refractivity contribution is 7.15. The standard InChI is InChI=1S/C26H25N3O4S/c1-13(2)16-5-7-17(8-6-16)22-21(24(31)25(32)29(22)26-28-27-15(4)34-26)23(30)18-9-10-20-19(12-18)11-14(3)33-20/h5-10,12-14,22,30H,11H2,1-4H3/t14-,22+/m1/s1. The van der Waals surface area contributed by atoms with Crippen LogP contribution in [-0.2, 0) is 16.0 Å². The number of ketones is 1. The van der Waals surface area contributed by atoms with Crippen molar-refractivity contribution in [3.63, 3.8) is 0 Å². The number of aryl methyl sites for hydroxylation is 1. The normalized spacial score (nSPS) is 21.3. The van der Waals surface area contributed by atoms with Gasteiger partial charge in [-0.15, -0.1) is 10.2 Å². The SMILES string of the molecule is Cc1nnc(N2C(=O)C(=O)C(=C(O)c3ccc4c(c3)C[C@@H](C)O4)[C@@H]2c2ccc(C(C)C)cc2)s1. The van der Waals surface area contributed by atoms with Crippen LogP contribution in [-0.4, -0.2) is 33.1 Å². The number of benzene rings is 2. The van der Waals surface area contributed by atoms with Crippen molar-refractivity contribution < 1.29 is 19.4 Å². The summed E-state index contributed by atoms with van der Waals surface area (Å²) in [6.07, 6.45) is 0.771. The van der Waals surface area contributed by atoms with Crippen molar-refractivity contribution in [3.05, 3.63) is 75.3 Å². The average Bonchev–Trinajstić information content (AvgIpc) is 3.48. The predicted molar refractivity (Wildman–Crippen MR) is 130 cm³/mol.